The van der Waals surface area contributed by atoms with Crippen molar-refractivity contribution in [3.05, 3.63) is 71.3 Å². The zero-order valence-corrected chi connectivity index (χ0v) is 15.8. The Labute approximate surface area is 148 Å². The van der Waals surface area contributed by atoms with Crippen LogP contribution in [0.4, 0.5) is 0 Å². The van der Waals surface area contributed by atoms with Crippen molar-refractivity contribution < 1.29 is 0 Å². The fraction of sp³-hybridized carbons (Fsp3) is 0.478. The summed E-state index contributed by atoms with van der Waals surface area (Å²) < 4.78 is 0. The van der Waals surface area contributed by atoms with Crippen molar-refractivity contribution >= 4 is 0 Å². The summed E-state index contributed by atoms with van der Waals surface area (Å²) in [6.45, 7) is 12.4. The van der Waals surface area contributed by atoms with Crippen LogP contribution in [0.25, 0.3) is 0 Å². The maximum atomic E-state index is 2.46. The van der Waals surface area contributed by atoms with Gasteiger partial charge in [0.05, 0.1) is 0 Å². The van der Waals surface area contributed by atoms with E-state index in [4.69, 9.17) is 0 Å². The second-order valence-electron chi connectivity index (χ2n) is 6.86. The molecule has 0 aliphatic carbocycles. The Bertz CT molecular complexity index is 569. The molecule has 0 N–H and O–H groups in total. The molecule has 0 aromatic heterocycles. The lowest BCUT2D eigenvalue weighted by molar-refractivity contribution is 0.296. The van der Waals surface area contributed by atoms with E-state index in [1.807, 2.05) is 0 Å². The molecule has 2 aromatic carbocycles. The quantitative estimate of drug-likeness (QED) is 0.530. The first-order chi connectivity index (χ1) is 11.7. The minimum atomic E-state index is 0.603. The number of rotatable bonds is 9. The van der Waals surface area contributed by atoms with Crippen LogP contribution in [0.15, 0.2) is 54.6 Å². The van der Waals surface area contributed by atoms with Crippen molar-refractivity contribution in [3.8, 4) is 0 Å². The average Bonchev–Trinajstić information content (AvgIpc) is 2.65. The lowest BCUT2D eigenvalue weighted by Gasteiger charge is -2.22. The topological polar surface area (TPSA) is 3.24 Å². The van der Waals surface area contributed by atoms with Crippen LogP contribution in [-0.2, 0) is 6.54 Å². The minimum absolute atomic E-state index is 0.603. The van der Waals surface area contributed by atoms with Gasteiger partial charge in [-0.2, -0.15) is 0 Å². The van der Waals surface area contributed by atoms with Gasteiger partial charge < -0.3 is 0 Å². The van der Waals surface area contributed by atoms with Crippen LogP contribution in [0.5, 0.6) is 0 Å². The van der Waals surface area contributed by atoms with E-state index in [2.05, 4.69) is 87.2 Å². The number of hydrogen-bond donors (Lipinski definition) is 0. The van der Waals surface area contributed by atoms with Crippen molar-refractivity contribution in [2.24, 2.45) is 0 Å². The lowest BCUT2D eigenvalue weighted by Crippen LogP contribution is -2.22. The molecule has 2 unspecified atom stereocenters. The molecule has 0 spiro atoms. The molecule has 0 saturated carbocycles. The lowest BCUT2D eigenvalue weighted by atomic mass is 9.84. The zero-order valence-electron chi connectivity index (χ0n) is 15.8. The van der Waals surface area contributed by atoms with Gasteiger partial charge in [-0.25, -0.2) is 0 Å². The first-order valence-electron chi connectivity index (χ1n) is 9.54. The molecule has 1 nitrogen and oxygen atoms in total. The van der Waals surface area contributed by atoms with Gasteiger partial charge in [0.2, 0.25) is 0 Å². The maximum Gasteiger partial charge on any atom is 0.0233 e. The van der Waals surface area contributed by atoms with Crippen molar-refractivity contribution in [1.82, 2.24) is 4.90 Å². The molecule has 0 bridgehead atoms. The number of hydrogen-bond acceptors (Lipinski definition) is 1. The van der Waals surface area contributed by atoms with E-state index in [0.29, 0.717) is 11.8 Å². The highest BCUT2D eigenvalue weighted by Gasteiger charge is 2.15. The van der Waals surface area contributed by atoms with E-state index in [-0.39, 0.29) is 0 Å². The summed E-state index contributed by atoms with van der Waals surface area (Å²) in [6.07, 6.45) is 2.42. The SMILES string of the molecule is CCC(CC(C)c1ccccc1)c1ccc(CN(CC)CC)cc1. The summed E-state index contributed by atoms with van der Waals surface area (Å²) in [7, 11) is 0. The summed E-state index contributed by atoms with van der Waals surface area (Å²) in [4.78, 5) is 2.46. The molecule has 130 valence electrons. The van der Waals surface area contributed by atoms with E-state index < -0.39 is 0 Å². The summed E-state index contributed by atoms with van der Waals surface area (Å²) >= 11 is 0. The molecule has 1 heteroatoms. The molecule has 0 fully saturated rings. The summed E-state index contributed by atoms with van der Waals surface area (Å²) in [5, 5.41) is 0. The summed E-state index contributed by atoms with van der Waals surface area (Å²) in [6, 6.07) is 20.3. The number of benzene rings is 2. The van der Waals surface area contributed by atoms with Crippen LogP contribution >= 0.6 is 0 Å². The van der Waals surface area contributed by atoms with E-state index in [0.717, 1.165) is 19.6 Å². The number of nitrogens with zero attached hydrogens (tertiary/aromatic N) is 1. The molecular formula is C23H33N. The van der Waals surface area contributed by atoms with Gasteiger partial charge in [-0.15, -0.1) is 0 Å². The Morgan fingerprint density at radius 2 is 1.42 bits per heavy atom. The van der Waals surface area contributed by atoms with Crippen molar-refractivity contribution in [3.63, 3.8) is 0 Å². The summed E-state index contributed by atoms with van der Waals surface area (Å²) in [5.74, 6) is 1.24. The second kappa shape index (κ2) is 9.64. The smallest absolute Gasteiger partial charge is 0.0233 e. The van der Waals surface area contributed by atoms with Gasteiger partial charge in [0.15, 0.2) is 0 Å². The van der Waals surface area contributed by atoms with Gasteiger partial charge in [-0.05, 0) is 54.5 Å². The van der Waals surface area contributed by atoms with Gasteiger partial charge in [0.25, 0.3) is 0 Å². The third-order valence-corrected chi connectivity index (χ3v) is 5.25. The van der Waals surface area contributed by atoms with Crippen LogP contribution in [0, 0.1) is 0 Å². The highest BCUT2D eigenvalue weighted by atomic mass is 15.1. The molecule has 2 atom stereocenters. The predicted molar refractivity (Wildman–Crippen MR) is 106 cm³/mol. The van der Waals surface area contributed by atoms with Crippen molar-refractivity contribution in [1.29, 1.82) is 0 Å². The molecule has 24 heavy (non-hydrogen) atoms. The molecule has 2 aromatic rings. The maximum absolute atomic E-state index is 2.46. The Morgan fingerprint density at radius 1 is 0.792 bits per heavy atom. The molecule has 0 aliphatic heterocycles. The molecule has 2 rings (SSSR count). The first-order valence-corrected chi connectivity index (χ1v) is 9.54. The average molecular weight is 324 g/mol. The third-order valence-electron chi connectivity index (χ3n) is 5.25. The monoisotopic (exact) mass is 323 g/mol. The largest absolute Gasteiger partial charge is 0.300 e. The fourth-order valence-electron chi connectivity index (χ4n) is 3.48. The van der Waals surface area contributed by atoms with Gasteiger partial charge in [0, 0.05) is 6.54 Å². The Morgan fingerprint density at radius 3 is 1.96 bits per heavy atom. The van der Waals surface area contributed by atoms with E-state index in [9.17, 15) is 0 Å². The van der Waals surface area contributed by atoms with Crippen LogP contribution in [0.1, 0.15) is 69.1 Å². The molecular weight excluding hydrogens is 290 g/mol. The molecule has 0 amide bonds. The molecule has 0 saturated heterocycles. The van der Waals surface area contributed by atoms with E-state index in [1.54, 1.807) is 0 Å². The zero-order chi connectivity index (χ0) is 17.4. The Kier molecular flexibility index (Phi) is 7.52. The van der Waals surface area contributed by atoms with Gasteiger partial charge >= 0.3 is 0 Å². The second-order valence-corrected chi connectivity index (χ2v) is 6.86. The third kappa shape index (κ3) is 5.21. The summed E-state index contributed by atoms with van der Waals surface area (Å²) in [5.41, 5.74) is 4.37. The van der Waals surface area contributed by atoms with Gasteiger partial charge in [-0.3, -0.25) is 4.90 Å². The molecule has 0 aliphatic rings. The van der Waals surface area contributed by atoms with E-state index >= 15 is 0 Å². The van der Waals surface area contributed by atoms with Crippen LogP contribution in [0.3, 0.4) is 0 Å². The van der Waals surface area contributed by atoms with Crippen molar-refractivity contribution in [2.45, 2.75) is 58.9 Å². The Balaban J connectivity index is 2.02. The minimum Gasteiger partial charge on any atom is -0.300 e. The normalized spacial score (nSPS) is 13.9. The van der Waals surface area contributed by atoms with Crippen molar-refractivity contribution in [2.75, 3.05) is 13.1 Å². The highest BCUT2D eigenvalue weighted by molar-refractivity contribution is 5.27. The highest BCUT2D eigenvalue weighted by Crippen LogP contribution is 2.32. The van der Waals surface area contributed by atoms with Gasteiger partial charge in [0.1, 0.15) is 0 Å². The van der Waals surface area contributed by atoms with Crippen LogP contribution < -0.4 is 0 Å². The standard InChI is InChI=1S/C23H33N/c1-5-21(17-19(4)22-11-9-8-10-12-22)23-15-13-20(14-16-23)18-24(6-2)7-3/h8-16,19,21H,5-7,17-18H2,1-4H3. The molecule has 0 heterocycles. The Hall–Kier alpha value is -1.60. The first kappa shape index (κ1) is 18.7. The van der Waals surface area contributed by atoms with Gasteiger partial charge in [-0.1, -0.05) is 82.3 Å². The van der Waals surface area contributed by atoms with E-state index in [1.165, 1.54) is 29.5 Å². The molecule has 0 radical (unpaired) electrons. The predicted octanol–water partition coefficient (Wildman–Crippen LogP) is 6.22. The van der Waals surface area contributed by atoms with Crippen LogP contribution in [-0.4, -0.2) is 18.0 Å². The van der Waals surface area contributed by atoms with Crippen LogP contribution in [0.2, 0.25) is 0 Å². The fourth-order valence-corrected chi connectivity index (χ4v) is 3.48.